The lowest BCUT2D eigenvalue weighted by atomic mass is 10.1. The van der Waals surface area contributed by atoms with Crippen molar-refractivity contribution in [3.05, 3.63) is 57.7 Å². The van der Waals surface area contributed by atoms with Crippen molar-refractivity contribution in [2.75, 3.05) is 6.54 Å². The van der Waals surface area contributed by atoms with Gasteiger partial charge in [-0.25, -0.2) is 4.98 Å². The summed E-state index contributed by atoms with van der Waals surface area (Å²) < 4.78 is 5.93. The third-order valence-corrected chi connectivity index (χ3v) is 3.53. The van der Waals surface area contributed by atoms with Crippen LogP contribution in [0.25, 0.3) is 0 Å². The summed E-state index contributed by atoms with van der Waals surface area (Å²) in [7, 11) is 0. The van der Waals surface area contributed by atoms with Crippen LogP contribution in [-0.2, 0) is 13.2 Å². The maximum atomic E-state index is 5.93. The van der Waals surface area contributed by atoms with E-state index in [2.05, 4.69) is 30.2 Å². The zero-order valence-corrected chi connectivity index (χ0v) is 13.5. The second-order valence-corrected chi connectivity index (χ2v) is 5.50. The summed E-state index contributed by atoms with van der Waals surface area (Å²) in [4.78, 5) is 4.53. The molecule has 1 aromatic carbocycles. The van der Waals surface area contributed by atoms with Gasteiger partial charge in [0.05, 0.1) is 0 Å². The highest BCUT2D eigenvalue weighted by Crippen LogP contribution is 2.22. The van der Waals surface area contributed by atoms with Crippen LogP contribution in [0.5, 0.6) is 5.88 Å². The van der Waals surface area contributed by atoms with Crippen molar-refractivity contribution in [2.45, 2.75) is 33.9 Å². The van der Waals surface area contributed by atoms with Crippen LogP contribution in [-0.4, -0.2) is 11.5 Å². The van der Waals surface area contributed by atoms with E-state index in [1.807, 2.05) is 31.2 Å². The standard InChI is InChI=1S/C17H21ClN2O/c1-4-19-10-16-12(2)9-13(3)20-17(16)21-11-14-5-7-15(18)8-6-14/h5-9,19H,4,10-11H2,1-3H3. The number of hydrogen-bond donors (Lipinski definition) is 1. The van der Waals surface area contributed by atoms with Crippen molar-refractivity contribution in [3.8, 4) is 5.88 Å². The first-order valence-corrected chi connectivity index (χ1v) is 7.53. The number of rotatable bonds is 6. The van der Waals surface area contributed by atoms with Crippen LogP contribution < -0.4 is 10.1 Å². The smallest absolute Gasteiger partial charge is 0.218 e. The van der Waals surface area contributed by atoms with E-state index in [-0.39, 0.29) is 0 Å². The maximum Gasteiger partial charge on any atom is 0.218 e. The molecular formula is C17H21ClN2O. The molecule has 21 heavy (non-hydrogen) atoms. The largest absolute Gasteiger partial charge is 0.473 e. The van der Waals surface area contributed by atoms with Crippen molar-refractivity contribution >= 4 is 11.6 Å². The van der Waals surface area contributed by atoms with E-state index < -0.39 is 0 Å². The van der Waals surface area contributed by atoms with Crippen LogP contribution in [0.4, 0.5) is 0 Å². The second-order valence-electron chi connectivity index (χ2n) is 5.06. The van der Waals surface area contributed by atoms with Gasteiger partial charge in [0, 0.05) is 22.8 Å². The first-order chi connectivity index (χ1) is 10.1. The van der Waals surface area contributed by atoms with Gasteiger partial charge in [0.15, 0.2) is 0 Å². The number of aryl methyl sites for hydroxylation is 2. The lowest BCUT2D eigenvalue weighted by Crippen LogP contribution is -2.15. The fourth-order valence-corrected chi connectivity index (χ4v) is 2.27. The molecule has 3 nitrogen and oxygen atoms in total. The molecule has 0 atom stereocenters. The highest BCUT2D eigenvalue weighted by atomic mass is 35.5. The normalized spacial score (nSPS) is 10.7. The van der Waals surface area contributed by atoms with Crippen LogP contribution in [0.2, 0.25) is 5.02 Å². The summed E-state index contributed by atoms with van der Waals surface area (Å²) in [5, 5.41) is 4.07. The minimum absolute atomic E-state index is 0.492. The molecule has 0 bridgehead atoms. The molecule has 0 aliphatic rings. The van der Waals surface area contributed by atoms with Crippen LogP contribution in [0, 0.1) is 13.8 Å². The zero-order valence-electron chi connectivity index (χ0n) is 12.7. The van der Waals surface area contributed by atoms with Crippen molar-refractivity contribution in [3.63, 3.8) is 0 Å². The number of aromatic nitrogens is 1. The molecular weight excluding hydrogens is 284 g/mol. The molecule has 112 valence electrons. The van der Waals surface area contributed by atoms with Crippen LogP contribution in [0.3, 0.4) is 0 Å². The van der Waals surface area contributed by atoms with Crippen molar-refractivity contribution in [1.29, 1.82) is 0 Å². The second kappa shape index (κ2) is 7.43. The van der Waals surface area contributed by atoms with Gasteiger partial charge in [-0.2, -0.15) is 0 Å². The summed E-state index contributed by atoms with van der Waals surface area (Å²) >= 11 is 5.89. The van der Waals surface area contributed by atoms with Gasteiger partial charge in [-0.15, -0.1) is 0 Å². The minimum atomic E-state index is 0.492. The van der Waals surface area contributed by atoms with E-state index in [4.69, 9.17) is 16.3 Å². The van der Waals surface area contributed by atoms with Crippen molar-refractivity contribution in [1.82, 2.24) is 10.3 Å². The molecule has 0 fully saturated rings. The Balaban J connectivity index is 2.15. The van der Waals surface area contributed by atoms with Crippen molar-refractivity contribution in [2.24, 2.45) is 0 Å². The Morgan fingerprint density at radius 3 is 2.57 bits per heavy atom. The molecule has 2 rings (SSSR count). The number of benzene rings is 1. The van der Waals surface area contributed by atoms with Crippen LogP contribution in [0.1, 0.15) is 29.3 Å². The fraction of sp³-hybridized carbons (Fsp3) is 0.353. The monoisotopic (exact) mass is 304 g/mol. The Bertz CT molecular complexity index is 596. The first kappa shape index (κ1) is 15.8. The predicted molar refractivity (Wildman–Crippen MR) is 86.9 cm³/mol. The van der Waals surface area contributed by atoms with E-state index in [9.17, 15) is 0 Å². The average Bonchev–Trinajstić information content (AvgIpc) is 2.45. The van der Waals surface area contributed by atoms with Gasteiger partial charge in [-0.05, 0) is 49.7 Å². The number of hydrogen-bond acceptors (Lipinski definition) is 3. The number of halogens is 1. The van der Waals surface area contributed by atoms with Crippen LogP contribution in [0.15, 0.2) is 30.3 Å². The van der Waals surface area contributed by atoms with E-state index in [1.54, 1.807) is 0 Å². The summed E-state index contributed by atoms with van der Waals surface area (Å²) in [6, 6.07) is 9.76. The van der Waals surface area contributed by atoms with Crippen LogP contribution >= 0.6 is 11.6 Å². The third kappa shape index (κ3) is 4.45. The molecule has 0 aliphatic carbocycles. The first-order valence-electron chi connectivity index (χ1n) is 7.15. The van der Waals surface area contributed by atoms with E-state index in [0.29, 0.717) is 12.5 Å². The van der Waals surface area contributed by atoms with Gasteiger partial charge >= 0.3 is 0 Å². The minimum Gasteiger partial charge on any atom is -0.473 e. The summed E-state index contributed by atoms with van der Waals surface area (Å²) in [5.41, 5.74) is 4.37. The molecule has 0 unspecified atom stereocenters. The summed E-state index contributed by atoms with van der Waals surface area (Å²) in [6.45, 7) is 8.35. The number of ether oxygens (including phenoxy) is 1. The Labute approximate surface area is 131 Å². The molecule has 2 aromatic rings. The molecule has 0 spiro atoms. The molecule has 0 amide bonds. The predicted octanol–water partition coefficient (Wildman–Crippen LogP) is 4.04. The Morgan fingerprint density at radius 1 is 1.19 bits per heavy atom. The van der Waals surface area contributed by atoms with Gasteiger partial charge in [0.2, 0.25) is 5.88 Å². The molecule has 0 radical (unpaired) electrons. The van der Waals surface area contributed by atoms with Gasteiger partial charge in [-0.1, -0.05) is 30.7 Å². The Hall–Kier alpha value is -1.58. The van der Waals surface area contributed by atoms with Gasteiger partial charge in [-0.3, -0.25) is 0 Å². The van der Waals surface area contributed by atoms with Gasteiger partial charge in [0.25, 0.3) is 0 Å². The molecule has 0 saturated carbocycles. The topological polar surface area (TPSA) is 34.2 Å². The highest BCUT2D eigenvalue weighted by Gasteiger charge is 2.10. The lowest BCUT2D eigenvalue weighted by molar-refractivity contribution is 0.288. The average molecular weight is 305 g/mol. The SMILES string of the molecule is CCNCc1c(C)cc(C)nc1OCc1ccc(Cl)cc1. The molecule has 0 aliphatic heterocycles. The molecule has 1 N–H and O–H groups in total. The Kier molecular flexibility index (Phi) is 5.59. The number of nitrogens with zero attached hydrogens (tertiary/aromatic N) is 1. The van der Waals surface area contributed by atoms with Gasteiger partial charge < -0.3 is 10.1 Å². The van der Waals surface area contributed by atoms with E-state index in [0.717, 1.165) is 34.9 Å². The van der Waals surface area contributed by atoms with Crippen molar-refractivity contribution < 1.29 is 4.74 Å². The summed E-state index contributed by atoms with van der Waals surface area (Å²) in [5.74, 6) is 0.711. The molecule has 4 heteroatoms. The Morgan fingerprint density at radius 2 is 1.90 bits per heavy atom. The summed E-state index contributed by atoms with van der Waals surface area (Å²) in [6.07, 6.45) is 0. The fourth-order valence-electron chi connectivity index (χ4n) is 2.15. The maximum absolute atomic E-state index is 5.93. The number of pyridine rings is 1. The molecule has 1 heterocycles. The quantitative estimate of drug-likeness (QED) is 0.874. The van der Waals surface area contributed by atoms with E-state index >= 15 is 0 Å². The molecule has 1 aromatic heterocycles. The highest BCUT2D eigenvalue weighted by molar-refractivity contribution is 6.30. The molecule has 0 saturated heterocycles. The number of nitrogens with one attached hydrogen (secondary N) is 1. The lowest BCUT2D eigenvalue weighted by Gasteiger charge is -2.14. The van der Waals surface area contributed by atoms with E-state index in [1.165, 1.54) is 5.56 Å². The third-order valence-electron chi connectivity index (χ3n) is 3.28. The zero-order chi connectivity index (χ0) is 15.2. The van der Waals surface area contributed by atoms with Gasteiger partial charge in [0.1, 0.15) is 6.61 Å².